The molecule has 0 unspecified atom stereocenters. The van der Waals surface area contributed by atoms with E-state index in [2.05, 4.69) is 41.6 Å². The molecule has 0 aliphatic heterocycles. The summed E-state index contributed by atoms with van der Waals surface area (Å²) in [6.45, 7) is 1.01. The van der Waals surface area contributed by atoms with Gasteiger partial charge in [0.05, 0.1) is 10.2 Å². The average molecular weight is 180 g/mol. The second kappa shape index (κ2) is 2.92. The van der Waals surface area contributed by atoms with E-state index in [9.17, 15) is 0 Å². The fraction of sp³-hybridized carbons (Fsp3) is 0.333. The largest absolute Gasteiger partial charge is 0.360 e. The molecule has 12 heavy (non-hydrogen) atoms. The highest BCUT2D eigenvalue weighted by molar-refractivity contribution is 7.17. The smallest absolute Gasteiger partial charge is 0.0566 e. The molecule has 2 aromatic heterocycles. The molecular formula is C9H12N2S. The van der Waals surface area contributed by atoms with Crippen LogP contribution < -0.4 is 0 Å². The molecule has 0 saturated carbocycles. The average Bonchev–Trinajstić information content (AvgIpc) is 2.52. The molecular weight excluding hydrogens is 168 g/mol. The highest BCUT2D eigenvalue weighted by Gasteiger charge is 2.04. The van der Waals surface area contributed by atoms with Gasteiger partial charge in [-0.1, -0.05) is 0 Å². The van der Waals surface area contributed by atoms with E-state index in [0.717, 1.165) is 6.54 Å². The Balaban J connectivity index is 2.40. The highest BCUT2D eigenvalue weighted by Crippen LogP contribution is 2.24. The minimum Gasteiger partial charge on any atom is -0.360 e. The first-order chi connectivity index (χ1) is 5.77. The molecule has 0 aliphatic carbocycles. The summed E-state index contributed by atoms with van der Waals surface area (Å²) in [4.78, 5) is 5.44. The van der Waals surface area contributed by atoms with E-state index >= 15 is 0 Å². The number of rotatable bonds is 2. The van der Waals surface area contributed by atoms with Crippen LogP contribution in [0.4, 0.5) is 0 Å². The Morgan fingerprint density at radius 3 is 3.08 bits per heavy atom. The van der Waals surface area contributed by atoms with Gasteiger partial charge < -0.3 is 9.88 Å². The van der Waals surface area contributed by atoms with Crippen LogP contribution in [-0.4, -0.2) is 24.0 Å². The normalized spacial score (nSPS) is 11.6. The zero-order chi connectivity index (χ0) is 8.55. The number of fused-ring (bicyclic) bond motifs is 1. The van der Waals surface area contributed by atoms with Crippen LogP contribution in [0.2, 0.25) is 0 Å². The van der Waals surface area contributed by atoms with Gasteiger partial charge in [-0.3, -0.25) is 0 Å². The Bertz CT molecular complexity index is 372. The molecule has 0 fully saturated rings. The van der Waals surface area contributed by atoms with Gasteiger partial charge >= 0.3 is 0 Å². The summed E-state index contributed by atoms with van der Waals surface area (Å²) in [5, 5.41) is 2.13. The van der Waals surface area contributed by atoms with Crippen molar-refractivity contribution in [3.8, 4) is 0 Å². The predicted molar refractivity (Wildman–Crippen MR) is 53.6 cm³/mol. The maximum atomic E-state index is 3.26. The summed E-state index contributed by atoms with van der Waals surface area (Å²) in [5.41, 5.74) is 2.65. The van der Waals surface area contributed by atoms with Crippen molar-refractivity contribution in [3.05, 3.63) is 23.2 Å². The van der Waals surface area contributed by atoms with Crippen molar-refractivity contribution in [3.63, 3.8) is 0 Å². The number of nitrogens with zero attached hydrogens (tertiary/aromatic N) is 1. The van der Waals surface area contributed by atoms with Gasteiger partial charge in [0.1, 0.15) is 0 Å². The fourth-order valence-electron chi connectivity index (χ4n) is 1.36. The van der Waals surface area contributed by atoms with Crippen LogP contribution in [0.5, 0.6) is 0 Å². The van der Waals surface area contributed by atoms with E-state index in [4.69, 9.17) is 0 Å². The fourth-order valence-corrected chi connectivity index (χ4v) is 2.23. The molecule has 0 bridgehead atoms. The third kappa shape index (κ3) is 1.26. The van der Waals surface area contributed by atoms with Gasteiger partial charge in [-0.05, 0) is 25.5 Å². The predicted octanol–water partition coefficient (Wildman–Crippen LogP) is 2.29. The highest BCUT2D eigenvalue weighted by atomic mass is 32.1. The minimum atomic E-state index is 1.01. The summed E-state index contributed by atoms with van der Waals surface area (Å²) < 4.78 is 1.39. The molecule has 3 heteroatoms. The number of hydrogen-bond acceptors (Lipinski definition) is 2. The van der Waals surface area contributed by atoms with Crippen LogP contribution in [0.25, 0.3) is 10.2 Å². The summed E-state index contributed by atoms with van der Waals surface area (Å²) in [5.74, 6) is 0. The summed E-state index contributed by atoms with van der Waals surface area (Å²) in [6.07, 6.45) is 2.10. The van der Waals surface area contributed by atoms with Crippen LogP contribution in [0.1, 0.15) is 5.56 Å². The van der Waals surface area contributed by atoms with Crippen molar-refractivity contribution < 1.29 is 0 Å². The molecule has 0 atom stereocenters. The van der Waals surface area contributed by atoms with E-state index < -0.39 is 0 Å². The number of hydrogen-bond donors (Lipinski definition) is 1. The van der Waals surface area contributed by atoms with Crippen molar-refractivity contribution in [1.82, 2.24) is 9.88 Å². The molecule has 1 N–H and O–H groups in total. The van der Waals surface area contributed by atoms with Crippen LogP contribution >= 0.6 is 11.3 Å². The lowest BCUT2D eigenvalue weighted by atomic mass is 10.3. The SMILES string of the molecule is CN(C)Cc1c[nH]c2ccsc12. The van der Waals surface area contributed by atoms with Crippen LogP contribution in [0, 0.1) is 0 Å². The van der Waals surface area contributed by atoms with Gasteiger partial charge in [0, 0.05) is 18.3 Å². The molecule has 64 valence electrons. The third-order valence-corrected chi connectivity index (χ3v) is 2.84. The molecule has 2 nitrogen and oxygen atoms in total. The second-order valence-electron chi connectivity index (χ2n) is 3.22. The molecule has 0 aliphatic rings. The topological polar surface area (TPSA) is 19.0 Å². The quantitative estimate of drug-likeness (QED) is 0.751. The minimum absolute atomic E-state index is 1.01. The van der Waals surface area contributed by atoms with Crippen LogP contribution in [0.15, 0.2) is 17.6 Å². The summed E-state index contributed by atoms with van der Waals surface area (Å²) in [6, 6.07) is 2.12. The van der Waals surface area contributed by atoms with Gasteiger partial charge in [-0.15, -0.1) is 11.3 Å². The Hall–Kier alpha value is -0.800. The lowest BCUT2D eigenvalue weighted by Gasteiger charge is -2.06. The second-order valence-corrected chi connectivity index (χ2v) is 4.13. The van der Waals surface area contributed by atoms with Crippen molar-refractivity contribution in [2.45, 2.75) is 6.54 Å². The van der Waals surface area contributed by atoms with E-state index in [1.54, 1.807) is 11.3 Å². The van der Waals surface area contributed by atoms with Crippen molar-refractivity contribution in [2.24, 2.45) is 0 Å². The first kappa shape index (κ1) is 7.83. The Morgan fingerprint density at radius 1 is 1.50 bits per heavy atom. The maximum absolute atomic E-state index is 3.26. The molecule has 0 spiro atoms. The first-order valence-corrected chi connectivity index (χ1v) is 4.83. The van der Waals surface area contributed by atoms with Gasteiger partial charge in [0.2, 0.25) is 0 Å². The molecule has 2 rings (SSSR count). The third-order valence-electron chi connectivity index (χ3n) is 1.85. The van der Waals surface area contributed by atoms with E-state index in [0.29, 0.717) is 0 Å². The van der Waals surface area contributed by atoms with Gasteiger partial charge in [0.25, 0.3) is 0 Å². The standard InChI is InChI=1S/C9H12N2S/c1-11(2)6-7-5-10-8-3-4-12-9(7)8/h3-5,10H,6H2,1-2H3. The first-order valence-electron chi connectivity index (χ1n) is 3.95. The Morgan fingerprint density at radius 2 is 2.33 bits per heavy atom. The monoisotopic (exact) mass is 180 g/mol. The van der Waals surface area contributed by atoms with Gasteiger partial charge in [-0.2, -0.15) is 0 Å². The Kier molecular flexibility index (Phi) is 1.90. The Labute approximate surface area is 75.8 Å². The molecule has 0 saturated heterocycles. The van der Waals surface area contributed by atoms with E-state index in [-0.39, 0.29) is 0 Å². The van der Waals surface area contributed by atoms with Gasteiger partial charge in [0.15, 0.2) is 0 Å². The van der Waals surface area contributed by atoms with Crippen molar-refractivity contribution in [2.75, 3.05) is 14.1 Å². The maximum Gasteiger partial charge on any atom is 0.0566 e. The van der Waals surface area contributed by atoms with Crippen molar-refractivity contribution in [1.29, 1.82) is 0 Å². The van der Waals surface area contributed by atoms with Crippen LogP contribution in [0.3, 0.4) is 0 Å². The number of aromatic amines is 1. The van der Waals surface area contributed by atoms with E-state index in [1.165, 1.54) is 15.8 Å². The summed E-state index contributed by atoms with van der Waals surface area (Å²) >= 11 is 1.80. The van der Waals surface area contributed by atoms with Crippen molar-refractivity contribution >= 4 is 21.6 Å². The molecule has 0 radical (unpaired) electrons. The molecule has 2 heterocycles. The zero-order valence-electron chi connectivity index (χ0n) is 7.29. The lowest BCUT2D eigenvalue weighted by molar-refractivity contribution is 0.404. The molecule has 2 aromatic rings. The zero-order valence-corrected chi connectivity index (χ0v) is 8.11. The van der Waals surface area contributed by atoms with Gasteiger partial charge in [-0.25, -0.2) is 0 Å². The summed E-state index contributed by atoms with van der Waals surface area (Å²) in [7, 11) is 4.18. The number of nitrogens with one attached hydrogen (secondary N) is 1. The van der Waals surface area contributed by atoms with E-state index in [1.807, 2.05) is 0 Å². The number of H-pyrrole nitrogens is 1. The number of aromatic nitrogens is 1. The molecule has 0 aromatic carbocycles. The van der Waals surface area contributed by atoms with Crippen LogP contribution in [-0.2, 0) is 6.54 Å². The molecule has 0 amide bonds. The number of thiophene rings is 1. The lowest BCUT2D eigenvalue weighted by Crippen LogP contribution is -2.09.